The Bertz CT molecular complexity index is 380. The normalized spacial score (nSPS) is 19.1. The van der Waals surface area contributed by atoms with Crippen molar-refractivity contribution in [1.29, 1.82) is 0 Å². The Balaban J connectivity index is 2.33. The molecule has 0 spiro atoms. The minimum Gasteiger partial charge on any atom is -0.478 e. The van der Waals surface area contributed by atoms with Crippen LogP contribution in [0.15, 0.2) is 18.2 Å². The van der Waals surface area contributed by atoms with Crippen molar-refractivity contribution in [3.63, 3.8) is 0 Å². The van der Waals surface area contributed by atoms with Crippen molar-refractivity contribution in [2.24, 2.45) is 0 Å². The van der Waals surface area contributed by atoms with Crippen LogP contribution in [0.1, 0.15) is 0 Å². The van der Waals surface area contributed by atoms with E-state index in [-0.39, 0.29) is 6.54 Å². The zero-order valence-corrected chi connectivity index (χ0v) is 7.91. The number of nitrogens with one attached hydrogen (secondary N) is 1. The number of ether oxygens (including phenoxy) is 1. The van der Waals surface area contributed by atoms with Gasteiger partial charge in [-0.25, -0.2) is 4.79 Å². The Hall–Kier alpha value is -1.42. The molecular formula is C9H8ClNO3. The standard InChI is InChI=1S/C9H8ClNO3/c10-5-2-1-3-6-8(5)14-7(4-11-6)9(12)13/h1-3,7,11H,4H2,(H,12,13). The number of fused-ring (bicyclic) bond motifs is 1. The molecule has 1 aromatic rings. The summed E-state index contributed by atoms with van der Waals surface area (Å²) in [6, 6.07) is 5.23. The maximum atomic E-state index is 10.7. The molecule has 5 heteroatoms. The van der Waals surface area contributed by atoms with Crippen LogP contribution in [-0.4, -0.2) is 23.7 Å². The van der Waals surface area contributed by atoms with Crippen molar-refractivity contribution in [3.05, 3.63) is 23.2 Å². The highest BCUT2D eigenvalue weighted by atomic mass is 35.5. The minimum absolute atomic E-state index is 0.253. The molecule has 0 aromatic heterocycles. The van der Waals surface area contributed by atoms with Gasteiger partial charge in [-0.2, -0.15) is 0 Å². The maximum absolute atomic E-state index is 10.7. The average Bonchev–Trinajstić information content (AvgIpc) is 2.18. The summed E-state index contributed by atoms with van der Waals surface area (Å²) in [5.41, 5.74) is 0.731. The number of rotatable bonds is 1. The molecule has 1 atom stereocenters. The Morgan fingerprint density at radius 2 is 2.43 bits per heavy atom. The highest BCUT2D eigenvalue weighted by Crippen LogP contribution is 2.35. The summed E-state index contributed by atoms with van der Waals surface area (Å²) in [6.45, 7) is 0.253. The van der Waals surface area contributed by atoms with Crippen LogP contribution in [0.5, 0.6) is 5.75 Å². The van der Waals surface area contributed by atoms with E-state index < -0.39 is 12.1 Å². The van der Waals surface area contributed by atoms with Crippen LogP contribution in [0, 0.1) is 0 Å². The molecule has 2 N–H and O–H groups in total. The molecule has 1 unspecified atom stereocenters. The second-order valence-corrected chi connectivity index (χ2v) is 3.35. The van der Waals surface area contributed by atoms with Gasteiger partial charge in [-0.15, -0.1) is 0 Å². The van der Waals surface area contributed by atoms with Gasteiger partial charge in [0.25, 0.3) is 0 Å². The van der Waals surface area contributed by atoms with Gasteiger partial charge in [-0.1, -0.05) is 17.7 Å². The van der Waals surface area contributed by atoms with Gasteiger partial charge >= 0.3 is 5.97 Å². The third kappa shape index (κ3) is 1.48. The first kappa shape index (κ1) is 9.15. The second kappa shape index (κ2) is 3.38. The van der Waals surface area contributed by atoms with Crippen molar-refractivity contribution in [2.45, 2.75) is 6.10 Å². The van der Waals surface area contributed by atoms with Gasteiger partial charge in [0.15, 0.2) is 5.75 Å². The van der Waals surface area contributed by atoms with E-state index in [0.717, 1.165) is 5.69 Å². The summed E-state index contributed by atoms with van der Waals surface area (Å²) < 4.78 is 5.23. The molecule has 4 nitrogen and oxygen atoms in total. The smallest absolute Gasteiger partial charge is 0.346 e. The van der Waals surface area contributed by atoms with Crippen LogP contribution >= 0.6 is 11.6 Å². The van der Waals surface area contributed by atoms with Gasteiger partial charge in [-0.05, 0) is 12.1 Å². The Kier molecular flexibility index (Phi) is 2.21. The monoisotopic (exact) mass is 213 g/mol. The van der Waals surface area contributed by atoms with Crippen LogP contribution in [0.2, 0.25) is 5.02 Å². The molecule has 74 valence electrons. The lowest BCUT2D eigenvalue weighted by Gasteiger charge is -2.25. The van der Waals surface area contributed by atoms with Crippen molar-refractivity contribution in [2.75, 3.05) is 11.9 Å². The Morgan fingerprint density at radius 1 is 1.64 bits per heavy atom. The van der Waals surface area contributed by atoms with Gasteiger partial charge < -0.3 is 15.2 Å². The first-order valence-electron chi connectivity index (χ1n) is 4.10. The van der Waals surface area contributed by atoms with Gasteiger partial charge in [0.1, 0.15) is 0 Å². The fourth-order valence-corrected chi connectivity index (χ4v) is 1.51. The molecule has 1 heterocycles. The summed E-state index contributed by atoms with van der Waals surface area (Å²) in [5, 5.41) is 12.1. The molecule has 0 amide bonds. The largest absolute Gasteiger partial charge is 0.478 e. The minimum atomic E-state index is -0.997. The number of benzene rings is 1. The van der Waals surface area contributed by atoms with E-state index >= 15 is 0 Å². The van der Waals surface area contributed by atoms with E-state index in [1.807, 2.05) is 0 Å². The lowest BCUT2D eigenvalue weighted by Crippen LogP contribution is -2.37. The molecule has 1 aromatic carbocycles. The number of anilines is 1. The zero-order chi connectivity index (χ0) is 10.1. The van der Waals surface area contributed by atoms with Crippen LogP contribution in [0.4, 0.5) is 5.69 Å². The van der Waals surface area contributed by atoms with E-state index in [4.69, 9.17) is 21.4 Å². The zero-order valence-electron chi connectivity index (χ0n) is 7.16. The predicted molar refractivity (Wildman–Crippen MR) is 52.0 cm³/mol. The van der Waals surface area contributed by atoms with Crippen LogP contribution < -0.4 is 10.1 Å². The number of aliphatic carboxylic acids is 1. The quantitative estimate of drug-likeness (QED) is 0.744. The molecule has 0 radical (unpaired) electrons. The molecule has 1 aliphatic rings. The Labute approximate surface area is 85.4 Å². The molecule has 0 fully saturated rings. The van der Waals surface area contributed by atoms with Gasteiger partial charge in [0.05, 0.1) is 17.3 Å². The van der Waals surface area contributed by atoms with Crippen LogP contribution in [0.25, 0.3) is 0 Å². The molecule has 0 saturated heterocycles. The summed E-state index contributed by atoms with van der Waals surface area (Å²) in [6.07, 6.45) is -0.873. The van der Waals surface area contributed by atoms with Crippen molar-refractivity contribution >= 4 is 23.3 Å². The highest BCUT2D eigenvalue weighted by Gasteiger charge is 2.26. The molecule has 0 bridgehead atoms. The molecule has 14 heavy (non-hydrogen) atoms. The molecule has 2 rings (SSSR count). The van der Waals surface area contributed by atoms with E-state index in [2.05, 4.69) is 5.32 Å². The molecule has 0 aliphatic carbocycles. The van der Waals surface area contributed by atoms with Gasteiger partial charge in [-0.3, -0.25) is 0 Å². The Morgan fingerprint density at radius 3 is 3.14 bits per heavy atom. The third-order valence-electron chi connectivity index (χ3n) is 1.98. The number of carboxylic acid groups (broad SMARTS) is 1. The highest BCUT2D eigenvalue weighted by molar-refractivity contribution is 6.32. The van der Waals surface area contributed by atoms with Crippen molar-refractivity contribution < 1.29 is 14.6 Å². The molecule has 0 saturated carbocycles. The topological polar surface area (TPSA) is 58.6 Å². The number of para-hydroxylation sites is 1. The summed E-state index contributed by atoms with van der Waals surface area (Å²) in [5.74, 6) is -0.587. The number of carboxylic acids is 1. The SMILES string of the molecule is O=C(O)C1CNc2cccc(Cl)c2O1. The summed E-state index contributed by atoms with van der Waals surface area (Å²) >= 11 is 5.85. The lowest BCUT2D eigenvalue weighted by atomic mass is 10.2. The van der Waals surface area contributed by atoms with Crippen molar-refractivity contribution in [1.82, 2.24) is 0 Å². The second-order valence-electron chi connectivity index (χ2n) is 2.94. The van der Waals surface area contributed by atoms with Gasteiger partial charge in [0, 0.05) is 0 Å². The summed E-state index contributed by atoms with van der Waals surface area (Å²) in [7, 11) is 0. The number of hydrogen-bond acceptors (Lipinski definition) is 3. The van der Waals surface area contributed by atoms with Crippen LogP contribution in [0.3, 0.4) is 0 Å². The number of halogens is 1. The fourth-order valence-electron chi connectivity index (χ4n) is 1.29. The van der Waals surface area contributed by atoms with E-state index in [1.54, 1.807) is 18.2 Å². The van der Waals surface area contributed by atoms with E-state index in [0.29, 0.717) is 10.8 Å². The van der Waals surface area contributed by atoms with Crippen LogP contribution in [-0.2, 0) is 4.79 Å². The fraction of sp³-hybridized carbons (Fsp3) is 0.222. The first-order valence-corrected chi connectivity index (χ1v) is 4.48. The summed E-state index contributed by atoms with van der Waals surface area (Å²) in [4.78, 5) is 10.7. The average molecular weight is 214 g/mol. The van der Waals surface area contributed by atoms with E-state index in [1.165, 1.54) is 0 Å². The molecular weight excluding hydrogens is 206 g/mol. The molecule has 1 aliphatic heterocycles. The maximum Gasteiger partial charge on any atom is 0.346 e. The predicted octanol–water partition coefficient (Wildman–Crippen LogP) is 1.60. The lowest BCUT2D eigenvalue weighted by molar-refractivity contribution is -0.144. The number of hydrogen-bond donors (Lipinski definition) is 2. The number of carbonyl (C=O) groups is 1. The van der Waals surface area contributed by atoms with Gasteiger partial charge in [0.2, 0.25) is 6.10 Å². The third-order valence-corrected chi connectivity index (χ3v) is 2.28. The first-order chi connectivity index (χ1) is 6.68. The van der Waals surface area contributed by atoms with E-state index in [9.17, 15) is 4.79 Å². The van der Waals surface area contributed by atoms with Crippen molar-refractivity contribution in [3.8, 4) is 5.75 Å².